The lowest BCUT2D eigenvalue weighted by atomic mass is 9.89. The van der Waals surface area contributed by atoms with E-state index in [9.17, 15) is 0 Å². The molecule has 0 unspecified atom stereocenters. The monoisotopic (exact) mass is 246 g/mol. The van der Waals surface area contributed by atoms with Crippen molar-refractivity contribution in [3.05, 3.63) is 29.8 Å². The Kier molecular flexibility index (Phi) is 3.96. The van der Waals surface area contributed by atoms with Crippen LogP contribution in [0.5, 0.6) is 0 Å². The summed E-state index contributed by atoms with van der Waals surface area (Å²) in [6, 6.07) is 8.86. The maximum atomic E-state index is 3.46. The van der Waals surface area contributed by atoms with E-state index in [-0.39, 0.29) is 0 Å². The molecule has 0 aliphatic carbocycles. The molecule has 2 heteroatoms. The highest BCUT2D eigenvalue weighted by molar-refractivity contribution is 5.55. The third kappa shape index (κ3) is 2.69. The fourth-order valence-corrected chi connectivity index (χ4v) is 2.75. The third-order valence-electron chi connectivity index (χ3n) is 4.37. The molecule has 1 N–H and O–H groups in total. The third-order valence-corrected chi connectivity index (χ3v) is 4.37. The molecule has 0 amide bonds. The molecule has 18 heavy (non-hydrogen) atoms. The Morgan fingerprint density at radius 3 is 2.33 bits per heavy atom. The highest BCUT2D eigenvalue weighted by Crippen LogP contribution is 2.31. The number of anilines is 1. The van der Waals surface area contributed by atoms with Crippen LogP contribution in [0.25, 0.3) is 0 Å². The molecule has 0 aromatic heterocycles. The highest BCUT2D eigenvalue weighted by atomic mass is 15.2. The molecule has 1 aromatic rings. The fraction of sp³-hybridized carbons (Fsp3) is 0.625. The van der Waals surface area contributed by atoms with Gasteiger partial charge in [0.15, 0.2) is 0 Å². The second-order valence-electron chi connectivity index (χ2n) is 6.01. The minimum atomic E-state index is 0.323. The van der Waals surface area contributed by atoms with Gasteiger partial charge in [0.2, 0.25) is 0 Å². The van der Waals surface area contributed by atoms with Crippen LogP contribution < -0.4 is 10.2 Å². The number of nitrogens with zero attached hydrogens (tertiary/aromatic N) is 1. The van der Waals surface area contributed by atoms with E-state index in [2.05, 4.69) is 62.3 Å². The molecule has 0 spiro atoms. The number of hydrogen-bond acceptors (Lipinski definition) is 2. The second kappa shape index (κ2) is 5.31. The van der Waals surface area contributed by atoms with Gasteiger partial charge in [-0.15, -0.1) is 0 Å². The first kappa shape index (κ1) is 13.4. The molecule has 1 aliphatic rings. The van der Waals surface area contributed by atoms with E-state index in [0.29, 0.717) is 11.5 Å². The summed E-state index contributed by atoms with van der Waals surface area (Å²) in [6.45, 7) is 9.20. The zero-order valence-electron chi connectivity index (χ0n) is 12.2. The Labute approximate surface area is 111 Å². The number of rotatable bonds is 3. The minimum Gasteiger partial charge on any atom is -0.371 e. The van der Waals surface area contributed by atoms with Gasteiger partial charge < -0.3 is 10.2 Å². The van der Waals surface area contributed by atoms with E-state index in [1.54, 1.807) is 0 Å². The summed E-state index contributed by atoms with van der Waals surface area (Å²) in [7, 11) is 2.08. The average Bonchev–Trinajstić information content (AvgIpc) is 2.39. The molecule has 1 heterocycles. The Morgan fingerprint density at radius 1 is 1.17 bits per heavy atom. The topological polar surface area (TPSA) is 15.3 Å². The van der Waals surface area contributed by atoms with Crippen molar-refractivity contribution in [2.75, 3.05) is 25.0 Å². The minimum absolute atomic E-state index is 0.323. The van der Waals surface area contributed by atoms with Crippen molar-refractivity contribution >= 4 is 5.69 Å². The van der Waals surface area contributed by atoms with Crippen molar-refractivity contribution in [2.24, 2.45) is 0 Å². The molecular formula is C16H26N2. The Hall–Kier alpha value is -1.02. The first-order valence-electron chi connectivity index (χ1n) is 7.08. The van der Waals surface area contributed by atoms with Gasteiger partial charge in [-0.1, -0.05) is 32.0 Å². The summed E-state index contributed by atoms with van der Waals surface area (Å²) >= 11 is 0. The summed E-state index contributed by atoms with van der Waals surface area (Å²) in [6.07, 6.45) is 2.44. The lowest BCUT2D eigenvalue weighted by Crippen LogP contribution is -2.50. The molecule has 100 valence electrons. The van der Waals surface area contributed by atoms with Gasteiger partial charge in [-0.3, -0.25) is 0 Å². The molecule has 1 aromatic carbocycles. The van der Waals surface area contributed by atoms with Crippen LogP contribution >= 0.6 is 0 Å². The maximum absolute atomic E-state index is 3.46. The zero-order chi connectivity index (χ0) is 13.2. The molecule has 0 atom stereocenters. The van der Waals surface area contributed by atoms with Gasteiger partial charge in [0, 0.05) is 24.3 Å². The number of nitrogens with one attached hydrogen (secondary N) is 1. The molecule has 1 saturated heterocycles. The van der Waals surface area contributed by atoms with Crippen molar-refractivity contribution in [3.8, 4) is 0 Å². The van der Waals surface area contributed by atoms with Gasteiger partial charge in [-0.25, -0.2) is 0 Å². The first-order chi connectivity index (χ1) is 8.56. The summed E-state index contributed by atoms with van der Waals surface area (Å²) in [5, 5.41) is 3.46. The second-order valence-corrected chi connectivity index (χ2v) is 6.01. The van der Waals surface area contributed by atoms with Gasteiger partial charge in [0.1, 0.15) is 0 Å². The molecule has 0 bridgehead atoms. The van der Waals surface area contributed by atoms with Crippen molar-refractivity contribution in [1.82, 2.24) is 5.32 Å². The Morgan fingerprint density at radius 2 is 1.78 bits per heavy atom. The normalized spacial score (nSPS) is 19.3. The Bertz CT molecular complexity index is 390. The lowest BCUT2D eigenvalue weighted by molar-refractivity contribution is 0.305. The Balaban J connectivity index is 2.15. The standard InChI is InChI=1S/C16H26N2/c1-13(2)14-7-5-6-8-15(14)18-11-9-16(3,17-4)10-12-18/h5-8,13,17H,9-12H2,1-4H3. The van der Waals surface area contributed by atoms with Crippen LogP contribution in [-0.4, -0.2) is 25.7 Å². The largest absolute Gasteiger partial charge is 0.371 e. The SMILES string of the molecule is CNC1(C)CCN(c2ccccc2C(C)C)CC1. The van der Waals surface area contributed by atoms with Crippen molar-refractivity contribution < 1.29 is 0 Å². The van der Waals surface area contributed by atoms with E-state index in [1.807, 2.05) is 0 Å². The van der Waals surface area contributed by atoms with Gasteiger partial charge in [-0.05, 0) is 44.4 Å². The van der Waals surface area contributed by atoms with Gasteiger partial charge >= 0.3 is 0 Å². The van der Waals surface area contributed by atoms with Gasteiger partial charge in [0.25, 0.3) is 0 Å². The lowest BCUT2D eigenvalue weighted by Gasteiger charge is -2.41. The van der Waals surface area contributed by atoms with Crippen LogP contribution in [-0.2, 0) is 0 Å². The number of piperidine rings is 1. The molecule has 0 radical (unpaired) electrons. The molecule has 1 fully saturated rings. The highest BCUT2D eigenvalue weighted by Gasteiger charge is 2.29. The molecule has 2 nitrogen and oxygen atoms in total. The van der Waals surface area contributed by atoms with Crippen molar-refractivity contribution in [2.45, 2.75) is 45.1 Å². The summed E-state index contributed by atoms with van der Waals surface area (Å²) in [4.78, 5) is 2.55. The molecular weight excluding hydrogens is 220 g/mol. The summed E-state index contributed by atoms with van der Waals surface area (Å²) < 4.78 is 0. The van der Waals surface area contributed by atoms with E-state index >= 15 is 0 Å². The average molecular weight is 246 g/mol. The van der Waals surface area contributed by atoms with E-state index < -0.39 is 0 Å². The van der Waals surface area contributed by atoms with Crippen LogP contribution in [0.2, 0.25) is 0 Å². The van der Waals surface area contributed by atoms with Gasteiger partial charge in [0.05, 0.1) is 0 Å². The number of benzene rings is 1. The first-order valence-corrected chi connectivity index (χ1v) is 7.08. The predicted molar refractivity (Wildman–Crippen MR) is 79.4 cm³/mol. The molecule has 2 rings (SSSR count). The zero-order valence-corrected chi connectivity index (χ0v) is 12.2. The van der Waals surface area contributed by atoms with Crippen LogP contribution in [0, 0.1) is 0 Å². The van der Waals surface area contributed by atoms with Crippen molar-refractivity contribution in [1.29, 1.82) is 0 Å². The summed E-state index contributed by atoms with van der Waals surface area (Å²) in [5.74, 6) is 0.596. The summed E-state index contributed by atoms with van der Waals surface area (Å²) in [5.41, 5.74) is 3.24. The smallest absolute Gasteiger partial charge is 0.0401 e. The van der Waals surface area contributed by atoms with E-state index in [4.69, 9.17) is 0 Å². The molecule has 1 aliphatic heterocycles. The fourth-order valence-electron chi connectivity index (χ4n) is 2.75. The van der Waals surface area contributed by atoms with E-state index in [0.717, 1.165) is 13.1 Å². The number of para-hydroxylation sites is 1. The van der Waals surface area contributed by atoms with E-state index in [1.165, 1.54) is 24.1 Å². The predicted octanol–water partition coefficient (Wildman–Crippen LogP) is 3.39. The number of hydrogen-bond donors (Lipinski definition) is 1. The van der Waals surface area contributed by atoms with Crippen LogP contribution in [0.3, 0.4) is 0 Å². The van der Waals surface area contributed by atoms with Gasteiger partial charge in [-0.2, -0.15) is 0 Å². The molecule has 0 saturated carbocycles. The maximum Gasteiger partial charge on any atom is 0.0401 e. The van der Waals surface area contributed by atoms with Crippen LogP contribution in [0.1, 0.15) is 45.1 Å². The quantitative estimate of drug-likeness (QED) is 0.879. The van der Waals surface area contributed by atoms with Crippen LogP contribution in [0.4, 0.5) is 5.69 Å². The van der Waals surface area contributed by atoms with Crippen molar-refractivity contribution in [3.63, 3.8) is 0 Å². The van der Waals surface area contributed by atoms with Crippen LogP contribution in [0.15, 0.2) is 24.3 Å².